The van der Waals surface area contributed by atoms with E-state index in [-0.39, 0.29) is 23.4 Å². The third-order valence-corrected chi connectivity index (χ3v) is 9.39. The van der Waals surface area contributed by atoms with Gasteiger partial charge in [0.25, 0.3) is 5.91 Å². The first-order valence-electron chi connectivity index (χ1n) is 15.9. The summed E-state index contributed by atoms with van der Waals surface area (Å²) < 4.78 is 19.3. The molecule has 45 heavy (non-hydrogen) atoms. The second-order valence-corrected chi connectivity index (χ2v) is 12.8. The van der Waals surface area contributed by atoms with Crippen LogP contribution in [0.5, 0.6) is 0 Å². The Morgan fingerprint density at radius 3 is 2.51 bits per heavy atom. The lowest BCUT2D eigenvalue weighted by molar-refractivity contribution is 0.101. The van der Waals surface area contributed by atoms with Gasteiger partial charge in [0, 0.05) is 69.0 Å². The van der Waals surface area contributed by atoms with Crippen molar-refractivity contribution in [2.24, 2.45) is 7.05 Å². The van der Waals surface area contributed by atoms with Gasteiger partial charge >= 0.3 is 0 Å². The van der Waals surface area contributed by atoms with E-state index in [1.165, 1.54) is 18.5 Å². The number of anilines is 2. The summed E-state index contributed by atoms with van der Waals surface area (Å²) in [4.78, 5) is 29.7. The number of likely N-dealkylation sites (N-methyl/N-ethyl adjacent to an activating group) is 2. The summed E-state index contributed by atoms with van der Waals surface area (Å²) in [7, 11) is 8.19. The number of aliphatic hydroxyl groups is 1. The summed E-state index contributed by atoms with van der Waals surface area (Å²) in [5.74, 6) is -0.911. The number of pyridine rings is 1. The van der Waals surface area contributed by atoms with Crippen LogP contribution in [0.3, 0.4) is 0 Å². The average molecular weight is 618 g/mol. The molecule has 1 amide bonds. The smallest absolute Gasteiger partial charge is 0.261 e. The molecule has 1 saturated carbocycles. The van der Waals surface area contributed by atoms with Crippen LogP contribution in [0.2, 0.25) is 0 Å². The van der Waals surface area contributed by atoms with Gasteiger partial charge in [-0.3, -0.25) is 19.8 Å². The van der Waals surface area contributed by atoms with Crippen molar-refractivity contribution < 1.29 is 14.3 Å². The van der Waals surface area contributed by atoms with Crippen molar-refractivity contribution in [3.05, 3.63) is 54.2 Å². The number of fused-ring (bicyclic) bond motifs is 1. The fourth-order valence-corrected chi connectivity index (χ4v) is 6.69. The first-order valence-corrected chi connectivity index (χ1v) is 15.9. The van der Waals surface area contributed by atoms with Crippen molar-refractivity contribution >= 4 is 28.6 Å². The van der Waals surface area contributed by atoms with Gasteiger partial charge in [-0.1, -0.05) is 0 Å². The highest BCUT2D eigenvalue weighted by molar-refractivity contribution is 6.05. The van der Waals surface area contributed by atoms with E-state index < -0.39 is 11.7 Å². The van der Waals surface area contributed by atoms with Gasteiger partial charge < -0.3 is 24.4 Å². The maximum Gasteiger partial charge on any atom is 0.261 e. The molecule has 4 aromatic rings. The van der Waals surface area contributed by atoms with E-state index in [1.54, 1.807) is 17.9 Å². The maximum atomic E-state index is 15.6. The van der Waals surface area contributed by atoms with Crippen LogP contribution in [-0.4, -0.2) is 105 Å². The molecular weight excluding hydrogens is 573 g/mol. The number of aryl methyl sites for hydroxylation is 1. The predicted octanol–water partition coefficient (Wildman–Crippen LogP) is 4.16. The fraction of sp³-hybridized carbons (Fsp3) is 0.515. The summed E-state index contributed by atoms with van der Waals surface area (Å²) in [5.41, 5.74) is 3.29. The quantitative estimate of drug-likeness (QED) is 0.289. The zero-order valence-corrected chi connectivity index (χ0v) is 26.7. The van der Waals surface area contributed by atoms with Gasteiger partial charge in [-0.2, -0.15) is 5.10 Å². The summed E-state index contributed by atoms with van der Waals surface area (Å²) in [6.45, 7) is 4.04. The van der Waals surface area contributed by atoms with Crippen LogP contribution in [0.4, 0.5) is 16.0 Å². The number of imidazole rings is 1. The van der Waals surface area contributed by atoms with Crippen molar-refractivity contribution in [1.29, 1.82) is 0 Å². The predicted molar refractivity (Wildman–Crippen MR) is 174 cm³/mol. The first kappa shape index (κ1) is 31.1. The Balaban J connectivity index is 1.27. The minimum Gasteiger partial charge on any atom is -0.393 e. The minimum atomic E-state index is -0.704. The summed E-state index contributed by atoms with van der Waals surface area (Å²) in [6.07, 6.45) is 9.38. The first-order chi connectivity index (χ1) is 21.7. The van der Waals surface area contributed by atoms with Crippen LogP contribution in [0.25, 0.3) is 22.3 Å². The van der Waals surface area contributed by atoms with Crippen LogP contribution in [-0.2, 0) is 7.05 Å². The normalized spacial score (nSPS) is 19.6. The zero-order valence-electron chi connectivity index (χ0n) is 26.7. The molecular formula is C33H44FN9O2. The molecule has 0 bridgehead atoms. The molecule has 0 spiro atoms. The molecule has 12 heteroatoms. The number of aliphatic hydroxyl groups excluding tert-OH is 1. The fourth-order valence-electron chi connectivity index (χ4n) is 6.69. The number of hydrogen-bond acceptors (Lipinski definition) is 8. The lowest BCUT2D eigenvalue weighted by Crippen LogP contribution is -2.45. The second-order valence-electron chi connectivity index (χ2n) is 12.8. The third-order valence-electron chi connectivity index (χ3n) is 9.39. The molecule has 1 aliphatic carbocycles. The molecule has 0 atom stereocenters. The van der Waals surface area contributed by atoms with E-state index in [4.69, 9.17) is 4.98 Å². The minimum absolute atomic E-state index is 0.0493. The molecule has 3 aromatic heterocycles. The van der Waals surface area contributed by atoms with Crippen LogP contribution in [0, 0.1) is 5.82 Å². The van der Waals surface area contributed by atoms with E-state index >= 15 is 4.39 Å². The van der Waals surface area contributed by atoms with Crippen molar-refractivity contribution in [3.63, 3.8) is 0 Å². The molecule has 1 saturated heterocycles. The maximum absolute atomic E-state index is 15.6. The van der Waals surface area contributed by atoms with Crippen molar-refractivity contribution in [2.45, 2.75) is 56.7 Å². The van der Waals surface area contributed by atoms with E-state index in [0.717, 1.165) is 68.6 Å². The Hall–Kier alpha value is -3.87. The molecule has 1 aromatic carbocycles. The number of rotatable bonds is 9. The van der Waals surface area contributed by atoms with Gasteiger partial charge in [-0.25, -0.2) is 9.37 Å². The van der Waals surface area contributed by atoms with Gasteiger partial charge in [-0.05, 0) is 83.9 Å². The molecule has 240 valence electrons. The van der Waals surface area contributed by atoms with Gasteiger partial charge in [0.2, 0.25) is 5.95 Å². The van der Waals surface area contributed by atoms with Crippen LogP contribution in [0.1, 0.15) is 54.9 Å². The number of amides is 1. The largest absolute Gasteiger partial charge is 0.393 e. The molecule has 2 aliphatic rings. The Morgan fingerprint density at radius 2 is 1.82 bits per heavy atom. The second kappa shape index (κ2) is 13.2. The number of hydrogen-bond donors (Lipinski definition) is 2. The Labute approximate surface area is 263 Å². The van der Waals surface area contributed by atoms with Gasteiger partial charge in [0.05, 0.1) is 28.9 Å². The molecule has 4 heterocycles. The number of piperidine rings is 1. The number of aromatic nitrogens is 5. The Kier molecular flexibility index (Phi) is 9.16. The molecule has 11 nitrogen and oxygen atoms in total. The number of halogens is 1. The van der Waals surface area contributed by atoms with Gasteiger partial charge in [0.1, 0.15) is 5.69 Å². The highest BCUT2D eigenvalue weighted by Gasteiger charge is 2.28. The van der Waals surface area contributed by atoms with Crippen LogP contribution in [0.15, 0.2) is 42.9 Å². The highest BCUT2D eigenvalue weighted by Crippen LogP contribution is 2.36. The third kappa shape index (κ3) is 6.73. The topological polar surface area (TPSA) is 108 Å². The van der Waals surface area contributed by atoms with E-state index in [9.17, 15) is 9.90 Å². The van der Waals surface area contributed by atoms with E-state index in [2.05, 4.69) is 67.9 Å². The number of nitrogens with zero attached hydrogens (tertiary/aromatic N) is 8. The molecule has 0 radical (unpaired) electrons. The monoisotopic (exact) mass is 617 g/mol. The average Bonchev–Trinajstić information content (AvgIpc) is 3.62. The summed E-state index contributed by atoms with van der Waals surface area (Å²) >= 11 is 0. The highest BCUT2D eigenvalue weighted by atomic mass is 19.1. The molecule has 1 aliphatic heterocycles. The SMILES string of the molecule is CN(C)CCN(C)C1CCN(c2ccc3nc(NC(=O)c4ccnc(-c5cnn(C)c5)c4F)n([C@H]4CC[C@@H](O)CC4)c3c2)CC1. The number of benzene rings is 1. The Morgan fingerprint density at radius 1 is 1.07 bits per heavy atom. The molecule has 2 N–H and O–H groups in total. The molecule has 2 fully saturated rings. The van der Waals surface area contributed by atoms with Crippen molar-refractivity contribution in [3.8, 4) is 11.3 Å². The van der Waals surface area contributed by atoms with Crippen molar-refractivity contribution in [1.82, 2.24) is 34.1 Å². The number of nitrogens with one attached hydrogen (secondary N) is 1. The van der Waals surface area contributed by atoms with Gasteiger partial charge in [-0.15, -0.1) is 0 Å². The standard InChI is InChI=1S/C33H44FN9O2/c1-39(2)17-18-40(3)23-12-15-42(16-13-23)25-7-10-28-29(19-25)43(24-5-8-26(44)9-6-24)33(37-28)38-32(45)27-11-14-35-31(30(27)34)22-20-36-41(4)21-22/h7,10-11,14,19-21,23-24,26,44H,5-6,8-9,12-13,15-18H2,1-4H3,(H,37,38,45)/t24-,26+. The zero-order chi connectivity index (χ0) is 31.7. The van der Waals surface area contributed by atoms with Gasteiger partial charge in [0.15, 0.2) is 5.82 Å². The number of carbonyl (C=O) groups excluding carboxylic acids is 1. The lowest BCUT2D eigenvalue weighted by Gasteiger charge is -2.38. The van der Waals surface area contributed by atoms with Crippen molar-refractivity contribution in [2.75, 3.05) is 57.5 Å². The number of carbonyl (C=O) groups is 1. The summed E-state index contributed by atoms with van der Waals surface area (Å²) in [6, 6.07) is 8.29. The van der Waals surface area contributed by atoms with E-state index in [1.807, 2.05) is 6.07 Å². The molecule has 0 unspecified atom stereocenters. The van der Waals surface area contributed by atoms with E-state index in [0.29, 0.717) is 30.4 Å². The van der Waals surface area contributed by atoms with Crippen LogP contribution >= 0.6 is 0 Å². The Bertz CT molecular complexity index is 1630. The molecule has 6 rings (SSSR count). The summed E-state index contributed by atoms with van der Waals surface area (Å²) in [5, 5.41) is 17.3. The van der Waals surface area contributed by atoms with Crippen LogP contribution < -0.4 is 10.2 Å². The lowest BCUT2D eigenvalue weighted by atomic mass is 9.93.